The van der Waals surface area contributed by atoms with Gasteiger partial charge in [0.05, 0.1) is 13.1 Å². The first-order valence-corrected chi connectivity index (χ1v) is 10.6. The van der Waals surface area contributed by atoms with Gasteiger partial charge in [0, 0.05) is 23.9 Å². The van der Waals surface area contributed by atoms with E-state index < -0.39 is 0 Å². The maximum absolute atomic E-state index is 12.9. The molecule has 2 amide bonds. The molecule has 2 aliphatic rings. The lowest BCUT2D eigenvalue weighted by molar-refractivity contribution is 0.171. The number of amides is 2. The number of hydrogen-bond donors (Lipinski definition) is 1. The van der Waals surface area contributed by atoms with Crippen molar-refractivity contribution in [3.63, 3.8) is 0 Å². The average Bonchev–Trinajstić information content (AvgIpc) is 2.99. The van der Waals surface area contributed by atoms with Crippen LogP contribution in [0.3, 0.4) is 0 Å². The molecule has 2 aromatic rings. The van der Waals surface area contributed by atoms with E-state index in [1.54, 1.807) is 11.0 Å². The van der Waals surface area contributed by atoms with E-state index in [1.165, 1.54) is 5.56 Å². The van der Waals surface area contributed by atoms with Crippen molar-refractivity contribution >= 4 is 11.7 Å². The van der Waals surface area contributed by atoms with E-state index in [4.69, 9.17) is 14.2 Å². The average molecular weight is 412 g/mol. The highest BCUT2D eigenvalue weighted by molar-refractivity contribution is 5.89. The lowest BCUT2D eigenvalue weighted by Gasteiger charge is -2.22. The van der Waals surface area contributed by atoms with Gasteiger partial charge in [-0.25, -0.2) is 4.79 Å². The number of rotatable bonds is 5. The van der Waals surface area contributed by atoms with Gasteiger partial charge < -0.3 is 24.4 Å². The second-order valence-electron chi connectivity index (χ2n) is 7.46. The summed E-state index contributed by atoms with van der Waals surface area (Å²) in [5.74, 6) is 2.22. The van der Waals surface area contributed by atoms with Crippen LogP contribution in [0.4, 0.5) is 10.5 Å². The molecular formula is C23H29N3O4. The maximum atomic E-state index is 12.9. The van der Waals surface area contributed by atoms with E-state index in [0.29, 0.717) is 50.1 Å². The molecule has 2 heterocycles. The molecule has 0 spiro atoms. The summed E-state index contributed by atoms with van der Waals surface area (Å²) in [6, 6.07) is 11.6. The van der Waals surface area contributed by atoms with Crippen molar-refractivity contribution in [3.8, 4) is 17.2 Å². The molecule has 1 N–H and O–H groups in total. The zero-order valence-electron chi connectivity index (χ0n) is 17.6. The molecule has 0 radical (unpaired) electrons. The van der Waals surface area contributed by atoms with Gasteiger partial charge in [0.15, 0.2) is 11.5 Å². The summed E-state index contributed by atoms with van der Waals surface area (Å²) in [6.07, 6.45) is 0. The fourth-order valence-corrected chi connectivity index (χ4v) is 3.75. The normalized spacial score (nSPS) is 15.2. The van der Waals surface area contributed by atoms with Crippen molar-refractivity contribution in [2.45, 2.75) is 26.9 Å². The molecule has 0 saturated carbocycles. The van der Waals surface area contributed by atoms with Gasteiger partial charge in [0.2, 0.25) is 0 Å². The quantitative estimate of drug-likeness (QED) is 0.812. The summed E-state index contributed by atoms with van der Waals surface area (Å²) in [5, 5.41) is 2.97. The first-order valence-electron chi connectivity index (χ1n) is 10.6. The molecule has 0 aliphatic carbocycles. The van der Waals surface area contributed by atoms with E-state index in [2.05, 4.69) is 36.2 Å². The molecule has 30 heavy (non-hydrogen) atoms. The number of nitrogens with one attached hydrogen (secondary N) is 1. The van der Waals surface area contributed by atoms with E-state index in [0.717, 1.165) is 30.9 Å². The van der Waals surface area contributed by atoms with Gasteiger partial charge in [-0.15, -0.1) is 0 Å². The topological polar surface area (TPSA) is 63.3 Å². The fraction of sp³-hybridized carbons (Fsp3) is 0.435. The lowest BCUT2D eigenvalue weighted by Crippen LogP contribution is -2.36. The van der Waals surface area contributed by atoms with Crippen molar-refractivity contribution in [3.05, 3.63) is 47.5 Å². The van der Waals surface area contributed by atoms with Crippen molar-refractivity contribution in [1.29, 1.82) is 0 Å². The summed E-state index contributed by atoms with van der Waals surface area (Å²) >= 11 is 0. The number of carbonyl (C=O) groups excluding carboxylic acids is 1. The van der Waals surface area contributed by atoms with E-state index in [-0.39, 0.29) is 6.03 Å². The Hall–Kier alpha value is -2.93. The Morgan fingerprint density at radius 3 is 2.50 bits per heavy atom. The first kappa shape index (κ1) is 20.3. The van der Waals surface area contributed by atoms with Crippen LogP contribution >= 0.6 is 0 Å². The van der Waals surface area contributed by atoms with Crippen LogP contribution in [0, 0.1) is 0 Å². The lowest BCUT2D eigenvalue weighted by atomic mass is 10.1. The second kappa shape index (κ2) is 9.26. The molecule has 2 aliphatic heterocycles. The third-order valence-corrected chi connectivity index (χ3v) is 5.49. The van der Waals surface area contributed by atoms with Crippen LogP contribution in [-0.4, -0.2) is 55.3 Å². The largest absolute Gasteiger partial charge is 0.491 e. The number of anilines is 1. The standard InChI is InChI=1S/C23H29N3O4/c1-3-25(4-2)15-17-5-7-20-18(13-17)16-26(9-10-28-20)23(27)24-19-6-8-21-22(14-19)30-12-11-29-21/h5-8,13-14H,3-4,9-12,15-16H2,1-2H3,(H,24,27). The number of hydrogen-bond acceptors (Lipinski definition) is 5. The van der Waals surface area contributed by atoms with Crippen molar-refractivity contribution in [1.82, 2.24) is 9.80 Å². The minimum atomic E-state index is -0.155. The Morgan fingerprint density at radius 1 is 0.967 bits per heavy atom. The monoisotopic (exact) mass is 411 g/mol. The summed E-state index contributed by atoms with van der Waals surface area (Å²) < 4.78 is 17.0. The van der Waals surface area contributed by atoms with Gasteiger partial charge in [-0.1, -0.05) is 19.9 Å². The minimum Gasteiger partial charge on any atom is -0.491 e. The Kier molecular flexibility index (Phi) is 6.28. The van der Waals surface area contributed by atoms with E-state index in [1.807, 2.05) is 18.2 Å². The molecule has 2 aromatic carbocycles. The molecule has 7 nitrogen and oxygen atoms in total. The van der Waals surface area contributed by atoms with Crippen LogP contribution in [0.15, 0.2) is 36.4 Å². The third-order valence-electron chi connectivity index (χ3n) is 5.49. The van der Waals surface area contributed by atoms with Gasteiger partial charge >= 0.3 is 6.03 Å². The molecule has 0 aromatic heterocycles. The molecule has 0 bridgehead atoms. The second-order valence-corrected chi connectivity index (χ2v) is 7.46. The number of urea groups is 1. The Bertz CT molecular complexity index is 898. The smallest absolute Gasteiger partial charge is 0.322 e. The predicted molar refractivity (Wildman–Crippen MR) is 115 cm³/mol. The minimum absolute atomic E-state index is 0.155. The molecule has 7 heteroatoms. The fourth-order valence-electron chi connectivity index (χ4n) is 3.75. The van der Waals surface area contributed by atoms with Crippen LogP contribution in [0.2, 0.25) is 0 Å². The molecule has 0 fully saturated rings. The molecule has 0 atom stereocenters. The Labute approximate surface area is 177 Å². The number of fused-ring (bicyclic) bond motifs is 2. The van der Waals surface area contributed by atoms with Gasteiger partial charge in [0.25, 0.3) is 0 Å². The number of nitrogens with zero attached hydrogens (tertiary/aromatic N) is 2. The zero-order chi connectivity index (χ0) is 20.9. The van der Waals surface area contributed by atoms with Crippen LogP contribution in [0.25, 0.3) is 0 Å². The molecule has 160 valence electrons. The molecule has 0 saturated heterocycles. The SMILES string of the molecule is CCN(CC)Cc1ccc2c(c1)CN(C(=O)Nc1ccc3c(c1)OCCO3)CCO2. The molecule has 4 rings (SSSR count). The predicted octanol–water partition coefficient (Wildman–Crippen LogP) is 3.73. The van der Waals surface area contributed by atoms with Gasteiger partial charge in [0.1, 0.15) is 25.6 Å². The van der Waals surface area contributed by atoms with E-state index >= 15 is 0 Å². The van der Waals surface area contributed by atoms with Crippen molar-refractivity contribution in [2.75, 3.05) is 44.8 Å². The zero-order valence-corrected chi connectivity index (χ0v) is 17.6. The maximum Gasteiger partial charge on any atom is 0.322 e. The van der Waals surface area contributed by atoms with Crippen molar-refractivity contribution < 1.29 is 19.0 Å². The highest BCUT2D eigenvalue weighted by Crippen LogP contribution is 2.33. The number of carbonyl (C=O) groups is 1. The van der Waals surface area contributed by atoms with Crippen molar-refractivity contribution in [2.24, 2.45) is 0 Å². The molecule has 0 unspecified atom stereocenters. The summed E-state index contributed by atoms with van der Waals surface area (Å²) in [6.45, 7) is 9.81. The summed E-state index contributed by atoms with van der Waals surface area (Å²) in [7, 11) is 0. The van der Waals surface area contributed by atoms with Crippen LogP contribution < -0.4 is 19.5 Å². The number of ether oxygens (including phenoxy) is 3. The van der Waals surface area contributed by atoms with Crippen LogP contribution in [-0.2, 0) is 13.1 Å². The van der Waals surface area contributed by atoms with Gasteiger partial charge in [-0.3, -0.25) is 4.90 Å². The summed E-state index contributed by atoms with van der Waals surface area (Å²) in [4.78, 5) is 17.1. The van der Waals surface area contributed by atoms with Gasteiger partial charge in [-0.05, 0) is 42.9 Å². The molecular weight excluding hydrogens is 382 g/mol. The van der Waals surface area contributed by atoms with Crippen LogP contribution in [0.5, 0.6) is 17.2 Å². The summed E-state index contributed by atoms with van der Waals surface area (Å²) in [5.41, 5.74) is 2.95. The highest BCUT2D eigenvalue weighted by atomic mass is 16.6. The van der Waals surface area contributed by atoms with Gasteiger partial charge in [-0.2, -0.15) is 0 Å². The number of benzene rings is 2. The van der Waals surface area contributed by atoms with E-state index in [9.17, 15) is 4.79 Å². The third kappa shape index (κ3) is 4.62. The Balaban J connectivity index is 1.46. The van der Waals surface area contributed by atoms with Crippen LogP contribution in [0.1, 0.15) is 25.0 Å². The first-order chi connectivity index (χ1) is 14.7. The Morgan fingerprint density at radius 2 is 1.70 bits per heavy atom. The highest BCUT2D eigenvalue weighted by Gasteiger charge is 2.21.